The Hall–Kier alpha value is -3.41. The number of nitrogens with two attached hydrogens (primary N) is 1. The molecule has 216 valence electrons. The summed E-state index contributed by atoms with van der Waals surface area (Å²) < 4.78 is 0. The minimum Gasteiger partial charge on any atom is -0.508 e. The highest BCUT2D eigenvalue weighted by Crippen LogP contribution is 2.55. The molecule has 5 rings (SSSR count). The van der Waals surface area contributed by atoms with Gasteiger partial charge in [0.05, 0.1) is 11.6 Å². The highest BCUT2D eigenvalue weighted by atomic mass is 16.3. The Kier molecular flexibility index (Phi) is 6.75. The summed E-state index contributed by atoms with van der Waals surface area (Å²) in [4.78, 5) is 45.4. The molecule has 1 heterocycles. The number of amides is 1. The first-order valence-corrected chi connectivity index (χ1v) is 13.8. The second-order valence-electron chi connectivity index (χ2n) is 11.6. The Morgan fingerprint density at radius 2 is 1.82 bits per heavy atom. The molecule has 3 aliphatic carbocycles. The van der Waals surface area contributed by atoms with Gasteiger partial charge < -0.3 is 31.1 Å². The zero-order valence-corrected chi connectivity index (χ0v) is 23.6. The smallest absolute Gasteiger partial charge is 0.255 e. The lowest BCUT2D eigenvalue weighted by Crippen LogP contribution is -2.65. The minimum absolute atomic E-state index is 0.0688. The molecular weight excluding hydrogens is 516 g/mol. The number of aliphatic hydroxyl groups excluding tert-OH is 2. The van der Waals surface area contributed by atoms with Crippen LogP contribution in [-0.4, -0.2) is 100 Å². The summed E-state index contributed by atoms with van der Waals surface area (Å²) in [5.74, 6) is -6.43. The molecule has 0 radical (unpaired) electrons. The molecule has 0 spiro atoms. The van der Waals surface area contributed by atoms with Crippen LogP contribution < -0.4 is 10.6 Å². The van der Waals surface area contributed by atoms with Crippen molar-refractivity contribution >= 4 is 28.9 Å². The number of nitrogens with zero attached hydrogens (tertiary/aromatic N) is 3. The topological polar surface area (TPSA) is 168 Å². The fraction of sp³-hybridized carbons (Fsp3) is 0.552. The van der Waals surface area contributed by atoms with E-state index in [1.54, 1.807) is 20.2 Å². The summed E-state index contributed by atoms with van der Waals surface area (Å²) in [6, 6.07) is 0.621. The number of phenolic OH excluding ortho intramolecular Hbond substituents is 1. The van der Waals surface area contributed by atoms with E-state index in [0.717, 1.165) is 37.3 Å². The molecule has 11 heteroatoms. The molecule has 4 aliphatic rings. The minimum atomic E-state index is -2.64. The van der Waals surface area contributed by atoms with Gasteiger partial charge in [-0.3, -0.25) is 24.2 Å². The highest BCUT2D eigenvalue weighted by Gasteiger charge is 2.64. The van der Waals surface area contributed by atoms with Crippen molar-refractivity contribution in [2.75, 3.05) is 45.7 Å². The van der Waals surface area contributed by atoms with Crippen LogP contribution in [0.25, 0.3) is 5.76 Å². The van der Waals surface area contributed by atoms with Crippen LogP contribution in [0.2, 0.25) is 0 Å². The predicted molar refractivity (Wildman–Crippen MR) is 148 cm³/mol. The van der Waals surface area contributed by atoms with Gasteiger partial charge in [0, 0.05) is 36.8 Å². The third kappa shape index (κ3) is 3.64. The van der Waals surface area contributed by atoms with E-state index in [-0.39, 0.29) is 35.8 Å². The van der Waals surface area contributed by atoms with E-state index in [2.05, 4.69) is 23.6 Å². The number of hydrogen-bond donors (Lipinski definition) is 5. The average Bonchev–Trinajstić information content (AvgIpc) is 2.87. The molecular formula is C29H38N4O7. The molecule has 6 N–H and O–H groups in total. The number of benzene rings is 1. The normalized spacial score (nSPS) is 29.9. The van der Waals surface area contributed by atoms with Crippen LogP contribution in [0.3, 0.4) is 0 Å². The number of rotatable bonds is 5. The molecule has 0 aromatic heterocycles. The van der Waals surface area contributed by atoms with E-state index in [1.807, 2.05) is 7.05 Å². The van der Waals surface area contributed by atoms with E-state index >= 15 is 0 Å². The Morgan fingerprint density at radius 1 is 1.18 bits per heavy atom. The fourth-order valence-electron chi connectivity index (χ4n) is 7.66. The first-order chi connectivity index (χ1) is 18.8. The van der Waals surface area contributed by atoms with Crippen LogP contribution >= 0.6 is 0 Å². The molecule has 11 nitrogen and oxygen atoms in total. The Balaban J connectivity index is 1.73. The van der Waals surface area contributed by atoms with Crippen molar-refractivity contribution in [3.63, 3.8) is 0 Å². The first-order valence-electron chi connectivity index (χ1n) is 13.8. The van der Waals surface area contributed by atoms with Gasteiger partial charge in [0.25, 0.3) is 5.91 Å². The summed E-state index contributed by atoms with van der Waals surface area (Å²) in [6.45, 7) is 6.61. The fourth-order valence-corrected chi connectivity index (χ4v) is 7.66. The zero-order valence-electron chi connectivity index (χ0n) is 23.6. The predicted octanol–water partition coefficient (Wildman–Crippen LogP) is 1.19. The van der Waals surface area contributed by atoms with Crippen LogP contribution in [0.15, 0.2) is 23.0 Å². The van der Waals surface area contributed by atoms with Gasteiger partial charge in [-0.25, -0.2) is 0 Å². The lowest BCUT2D eigenvalue weighted by molar-refractivity contribution is -0.153. The van der Waals surface area contributed by atoms with E-state index in [0.29, 0.717) is 5.56 Å². The lowest BCUT2D eigenvalue weighted by Gasteiger charge is -2.50. The number of aromatic hydroxyl groups is 1. The van der Waals surface area contributed by atoms with Gasteiger partial charge >= 0.3 is 0 Å². The van der Waals surface area contributed by atoms with Crippen molar-refractivity contribution < 1.29 is 34.8 Å². The quantitative estimate of drug-likeness (QED) is 0.334. The molecule has 0 bridgehead atoms. The number of primary amides is 1. The van der Waals surface area contributed by atoms with Gasteiger partial charge in [0.15, 0.2) is 11.4 Å². The number of carbonyl (C=O) groups excluding carboxylic acids is 3. The molecule has 1 saturated carbocycles. The summed E-state index contributed by atoms with van der Waals surface area (Å²) >= 11 is 0. The summed E-state index contributed by atoms with van der Waals surface area (Å²) in [7, 11) is 5.14. The first kappa shape index (κ1) is 28.1. The Bertz CT molecular complexity index is 1380. The molecule has 5 atom stereocenters. The maximum absolute atomic E-state index is 14.0. The molecule has 1 aliphatic heterocycles. The third-order valence-electron chi connectivity index (χ3n) is 9.45. The SMILES string of the molecule is CCN(CC)C1CCN(C)c2c1cc(O)c1c2C[C@H]2C[C@H]3[C@@H](N(C)C)C(=O)C(C(N)=O)=C(O)[C@@]3(O)C(=O)C2=C1O. The van der Waals surface area contributed by atoms with E-state index in [4.69, 9.17) is 5.73 Å². The number of phenols is 1. The van der Waals surface area contributed by atoms with Gasteiger partial charge in [0.2, 0.25) is 5.78 Å². The molecule has 1 aromatic rings. The number of carbonyl (C=O) groups is 3. The number of likely N-dealkylation sites (N-methyl/N-ethyl adjacent to an activating group) is 1. The number of hydrogen-bond acceptors (Lipinski definition) is 10. The van der Waals surface area contributed by atoms with Crippen molar-refractivity contribution in [1.82, 2.24) is 9.80 Å². The van der Waals surface area contributed by atoms with Gasteiger partial charge in [-0.05, 0) is 69.6 Å². The molecule has 1 aromatic carbocycles. The molecule has 40 heavy (non-hydrogen) atoms. The maximum Gasteiger partial charge on any atom is 0.255 e. The lowest BCUT2D eigenvalue weighted by atomic mass is 9.57. The van der Waals surface area contributed by atoms with Crippen LogP contribution in [0, 0.1) is 11.8 Å². The van der Waals surface area contributed by atoms with Gasteiger partial charge in [0.1, 0.15) is 22.8 Å². The third-order valence-corrected chi connectivity index (χ3v) is 9.45. The Morgan fingerprint density at radius 3 is 2.40 bits per heavy atom. The molecule has 0 saturated heterocycles. The van der Waals surface area contributed by atoms with Gasteiger partial charge in [-0.1, -0.05) is 13.8 Å². The van der Waals surface area contributed by atoms with Gasteiger partial charge in [-0.2, -0.15) is 0 Å². The van der Waals surface area contributed by atoms with Crippen molar-refractivity contribution in [2.45, 2.75) is 50.8 Å². The second kappa shape index (κ2) is 9.60. The zero-order chi connectivity index (χ0) is 29.4. The number of aliphatic hydroxyl groups is 3. The van der Waals surface area contributed by atoms with Gasteiger partial charge in [-0.15, -0.1) is 0 Å². The van der Waals surface area contributed by atoms with Crippen molar-refractivity contribution in [3.05, 3.63) is 39.7 Å². The maximum atomic E-state index is 14.0. The average molecular weight is 555 g/mol. The van der Waals surface area contributed by atoms with Crippen LogP contribution in [-0.2, 0) is 20.8 Å². The van der Waals surface area contributed by atoms with E-state index in [9.17, 15) is 34.8 Å². The van der Waals surface area contributed by atoms with Crippen molar-refractivity contribution in [3.8, 4) is 5.75 Å². The molecule has 1 unspecified atom stereocenters. The summed E-state index contributed by atoms with van der Waals surface area (Å²) in [5.41, 5.74) is 4.48. The summed E-state index contributed by atoms with van der Waals surface area (Å²) in [6.07, 6.45) is 1.22. The highest BCUT2D eigenvalue weighted by molar-refractivity contribution is 6.24. The monoisotopic (exact) mass is 554 g/mol. The number of anilines is 1. The number of fused-ring (bicyclic) bond motifs is 5. The second-order valence-corrected chi connectivity index (χ2v) is 11.6. The summed E-state index contributed by atoms with van der Waals surface area (Å²) in [5, 5.41) is 45.5. The van der Waals surface area contributed by atoms with Crippen LogP contribution in [0.1, 0.15) is 49.4 Å². The van der Waals surface area contributed by atoms with E-state index < -0.39 is 58.0 Å². The number of ketones is 2. The van der Waals surface area contributed by atoms with E-state index in [1.165, 1.54) is 4.90 Å². The van der Waals surface area contributed by atoms with Crippen molar-refractivity contribution in [1.29, 1.82) is 0 Å². The van der Waals surface area contributed by atoms with Crippen LogP contribution in [0.4, 0.5) is 5.69 Å². The standard InChI is InChI=1S/C29H38N4O7/c1-6-33(7-2)17-8-9-32(5)22-14(17)12-18(34)20-15(22)10-13-11-16-23(31(3)4)25(36)21(28(30)39)27(38)29(16,40)26(37)19(13)24(20)35/h12-13,16-17,23,34-35,38,40H,6-11H2,1-5H3,(H2,30,39)/t13-,16-,17?,23+,29-/m0/s1. The van der Waals surface area contributed by atoms with Crippen LogP contribution in [0.5, 0.6) is 5.75 Å². The molecule has 1 amide bonds. The Labute approximate surface area is 233 Å². The molecule has 1 fully saturated rings. The van der Waals surface area contributed by atoms with Crippen molar-refractivity contribution in [2.24, 2.45) is 17.6 Å². The largest absolute Gasteiger partial charge is 0.508 e. The number of Topliss-reactive ketones (excluding diaryl/α,β-unsaturated/α-hetero) is 2.